The van der Waals surface area contributed by atoms with Gasteiger partial charge in [-0.15, -0.1) is 11.8 Å². The molecule has 0 aliphatic rings. The SMILES string of the molecule is CC(C)C(=O)c1ccc(SCCCO)cc1. The van der Waals surface area contributed by atoms with Crippen molar-refractivity contribution in [3.8, 4) is 0 Å². The number of carbonyl (C=O) groups excluding carboxylic acids is 1. The molecule has 2 nitrogen and oxygen atoms in total. The summed E-state index contributed by atoms with van der Waals surface area (Å²) in [6.45, 7) is 4.05. The average Bonchev–Trinajstić information content (AvgIpc) is 2.29. The number of ketones is 1. The molecule has 0 amide bonds. The van der Waals surface area contributed by atoms with E-state index in [1.165, 1.54) is 0 Å². The Morgan fingerprint density at radius 1 is 1.31 bits per heavy atom. The van der Waals surface area contributed by atoms with Crippen molar-refractivity contribution in [3.05, 3.63) is 29.8 Å². The van der Waals surface area contributed by atoms with Crippen LogP contribution < -0.4 is 0 Å². The topological polar surface area (TPSA) is 37.3 Å². The molecule has 1 N–H and O–H groups in total. The summed E-state index contributed by atoms with van der Waals surface area (Å²) in [5.41, 5.74) is 0.779. The first-order valence-corrected chi connectivity index (χ1v) is 6.51. The first-order valence-electron chi connectivity index (χ1n) is 5.53. The van der Waals surface area contributed by atoms with Crippen molar-refractivity contribution in [1.29, 1.82) is 0 Å². The summed E-state index contributed by atoms with van der Waals surface area (Å²) >= 11 is 1.70. The highest BCUT2D eigenvalue weighted by Crippen LogP contribution is 2.20. The molecule has 0 radical (unpaired) electrons. The van der Waals surface area contributed by atoms with E-state index in [0.29, 0.717) is 0 Å². The molecule has 0 atom stereocenters. The van der Waals surface area contributed by atoms with E-state index in [0.717, 1.165) is 22.6 Å². The van der Waals surface area contributed by atoms with Crippen LogP contribution in [0.2, 0.25) is 0 Å². The van der Waals surface area contributed by atoms with Gasteiger partial charge in [0.15, 0.2) is 5.78 Å². The third-order valence-corrected chi connectivity index (χ3v) is 3.33. The second-order valence-electron chi connectivity index (χ2n) is 3.97. The standard InChI is InChI=1S/C13H18O2S/c1-10(2)13(15)11-4-6-12(7-5-11)16-9-3-8-14/h4-7,10,14H,3,8-9H2,1-2H3. The van der Waals surface area contributed by atoms with Gasteiger partial charge in [0.25, 0.3) is 0 Å². The van der Waals surface area contributed by atoms with E-state index in [4.69, 9.17) is 5.11 Å². The first kappa shape index (κ1) is 13.3. The van der Waals surface area contributed by atoms with Gasteiger partial charge in [0, 0.05) is 28.7 Å². The molecule has 3 heteroatoms. The zero-order valence-corrected chi connectivity index (χ0v) is 10.6. The van der Waals surface area contributed by atoms with Crippen LogP contribution >= 0.6 is 11.8 Å². The Morgan fingerprint density at radius 3 is 2.44 bits per heavy atom. The van der Waals surface area contributed by atoms with Crippen molar-refractivity contribution in [2.75, 3.05) is 12.4 Å². The predicted molar refractivity (Wildman–Crippen MR) is 68.0 cm³/mol. The molecule has 0 aromatic heterocycles. The van der Waals surface area contributed by atoms with Crippen molar-refractivity contribution < 1.29 is 9.90 Å². The normalized spacial score (nSPS) is 10.8. The van der Waals surface area contributed by atoms with Crippen LogP contribution in [-0.2, 0) is 0 Å². The van der Waals surface area contributed by atoms with Crippen LogP contribution in [0.15, 0.2) is 29.2 Å². The van der Waals surface area contributed by atoms with E-state index < -0.39 is 0 Å². The van der Waals surface area contributed by atoms with Crippen LogP contribution in [0.1, 0.15) is 30.6 Å². The summed E-state index contributed by atoms with van der Waals surface area (Å²) in [7, 11) is 0. The lowest BCUT2D eigenvalue weighted by molar-refractivity contribution is 0.0939. The van der Waals surface area contributed by atoms with Crippen molar-refractivity contribution in [2.45, 2.75) is 25.2 Å². The quantitative estimate of drug-likeness (QED) is 0.470. The van der Waals surface area contributed by atoms with Crippen LogP contribution in [0.3, 0.4) is 0 Å². The number of Topliss-reactive ketones (excluding diaryl/α,β-unsaturated/α-hetero) is 1. The van der Waals surface area contributed by atoms with E-state index in [-0.39, 0.29) is 18.3 Å². The van der Waals surface area contributed by atoms with E-state index in [1.807, 2.05) is 38.1 Å². The lowest BCUT2D eigenvalue weighted by atomic mass is 10.0. The molecule has 0 fully saturated rings. The minimum Gasteiger partial charge on any atom is -0.396 e. The Kier molecular flexibility index (Phi) is 5.56. The summed E-state index contributed by atoms with van der Waals surface area (Å²) in [6.07, 6.45) is 0.803. The monoisotopic (exact) mass is 238 g/mol. The molecule has 0 saturated carbocycles. The molecule has 0 heterocycles. The number of thioether (sulfide) groups is 1. The number of aliphatic hydroxyl groups is 1. The Hall–Kier alpha value is -0.800. The minimum absolute atomic E-state index is 0.0490. The number of hydrogen-bond acceptors (Lipinski definition) is 3. The largest absolute Gasteiger partial charge is 0.396 e. The Morgan fingerprint density at radius 2 is 1.94 bits per heavy atom. The maximum Gasteiger partial charge on any atom is 0.165 e. The lowest BCUT2D eigenvalue weighted by Crippen LogP contribution is -2.06. The number of aliphatic hydroxyl groups excluding tert-OH is 1. The van der Waals surface area contributed by atoms with Crippen LogP contribution in [0.5, 0.6) is 0 Å². The van der Waals surface area contributed by atoms with Gasteiger partial charge in [-0.1, -0.05) is 26.0 Å². The third kappa shape index (κ3) is 3.99. The van der Waals surface area contributed by atoms with Crippen molar-refractivity contribution in [2.24, 2.45) is 5.92 Å². The number of carbonyl (C=O) groups is 1. The maximum absolute atomic E-state index is 11.7. The summed E-state index contributed by atoms with van der Waals surface area (Å²) in [4.78, 5) is 12.8. The molecular weight excluding hydrogens is 220 g/mol. The fraction of sp³-hybridized carbons (Fsp3) is 0.462. The van der Waals surface area contributed by atoms with Crippen molar-refractivity contribution >= 4 is 17.5 Å². The highest BCUT2D eigenvalue weighted by atomic mass is 32.2. The second kappa shape index (κ2) is 6.71. The van der Waals surface area contributed by atoms with Gasteiger partial charge in [-0.05, 0) is 18.6 Å². The number of hydrogen-bond donors (Lipinski definition) is 1. The van der Waals surface area contributed by atoms with E-state index in [1.54, 1.807) is 11.8 Å². The molecule has 0 unspecified atom stereocenters. The van der Waals surface area contributed by atoms with Gasteiger partial charge in [-0.25, -0.2) is 0 Å². The molecule has 0 bridgehead atoms. The Bertz CT molecular complexity index is 330. The van der Waals surface area contributed by atoms with Crippen LogP contribution in [0.4, 0.5) is 0 Å². The van der Waals surface area contributed by atoms with Crippen LogP contribution in [0, 0.1) is 5.92 Å². The highest BCUT2D eigenvalue weighted by Gasteiger charge is 2.09. The molecule has 16 heavy (non-hydrogen) atoms. The summed E-state index contributed by atoms with van der Waals surface area (Å²) in [5, 5.41) is 8.66. The molecule has 1 aromatic rings. The number of benzene rings is 1. The van der Waals surface area contributed by atoms with E-state index >= 15 is 0 Å². The molecule has 0 aliphatic carbocycles. The molecule has 88 valence electrons. The second-order valence-corrected chi connectivity index (χ2v) is 5.14. The zero-order valence-electron chi connectivity index (χ0n) is 9.77. The van der Waals surface area contributed by atoms with Crippen LogP contribution in [-0.4, -0.2) is 23.2 Å². The van der Waals surface area contributed by atoms with E-state index in [9.17, 15) is 4.79 Å². The molecule has 0 aliphatic heterocycles. The van der Waals surface area contributed by atoms with Gasteiger partial charge in [0.1, 0.15) is 0 Å². The van der Waals surface area contributed by atoms with Crippen molar-refractivity contribution in [1.82, 2.24) is 0 Å². The fourth-order valence-electron chi connectivity index (χ4n) is 1.30. The fourth-order valence-corrected chi connectivity index (χ4v) is 2.14. The zero-order chi connectivity index (χ0) is 12.0. The van der Waals surface area contributed by atoms with Gasteiger partial charge < -0.3 is 5.11 Å². The van der Waals surface area contributed by atoms with Gasteiger partial charge in [-0.2, -0.15) is 0 Å². The minimum atomic E-state index is 0.0490. The molecule has 0 saturated heterocycles. The third-order valence-electron chi connectivity index (χ3n) is 2.23. The predicted octanol–water partition coefficient (Wildman–Crippen LogP) is 3.00. The average molecular weight is 238 g/mol. The molecule has 0 spiro atoms. The number of rotatable bonds is 6. The summed E-state index contributed by atoms with van der Waals surface area (Å²) in [6, 6.07) is 7.70. The van der Waals surface area contributed by atoms with Gasteiger partial charge in [0.2, 0.25) is 0 Å². The molecular formula is C13H18O2S. The summed E-state index contributed by atoms with van der Waals surface area (Å²) in [5.74, 6) is 1.15. The summed E-state index contributed by atoms with van der Waals surface area (Å²) < 4.78 is 0. The van der Waals surface area contributed by atoms with Gasteiger partial charge in [-0.3, -0.25) is 4.79 Å². The van der Waals surface area contributed by atoms with Gasteiger partial charge >= 0.3 is 0 Å². The molecule has 1 rings (SSSR count). The Balaban J connectivity index is 2.57. The lowest BCUT2D eigenvalue weighted by Gasteiger charge is -2.05. The first-order chi connectivity index (χ1) is 7.65. The maximum atomic E-state index is 11.7. The van der Waals surface area contributed by atoms with Crippen LogP contribution in [0.25, 0.3) is 0 Å². The smallest absolute Gasteiger partial charge is 0.165 e. The van der Waals surface area contributed by atoms with Crippen molar-refractivity contribution in [3.63, 3.8) is 0 Å². The molecule has 1 aromatic carbocycles. The Labute approximate surface area is 101 Å². The highest BCUT2D eigenvalue weighted by molar-refractivity contribution is 7.99. The van der Waals surface area contributed by atoms with E-state index in [2.05, 4.69) is 0 Å². The van der Waals surface area contributed by atoms with Gasteiger partial charge in [0.05, 0.1) is 0 Å².